The summed E-state index contributed by atoms with van der Waals surface area (Å²) >= 11 is 0. The third-order valence-electron chi connectivity index (χ3n) is 4.74. The molecule has 0 saturated heterocycles. The molecular weight excluding hydrogens is 489 g/mol. The molecule has 30 heavy (non-hydrogen) atoms. The first kappa shape index (κ1) is 23.7. The maximum atomic E-state index is 5.41. The summed E-state index contributed by atoms with van der Waals surface area (Å²) in [6.07, 6.45) is 5.58. The molecule has 0 aliphatic heterocycles. The quantitative estimate of drug-likeness (QED) is 0.258. The second-order valence-electron chi connectivity index (χ2n) is 6.69. The number of benzene rings is 2. The highest BCUT2D eigenvalue weighted by Crippen LogP contribution is 2.17. The molecule has 7 heteroatoms. The van der Waals surface area contributed by atoms with E-state index in [2.05, 4.69) is 55.5 Å². The number of halogens is 1. The normalized spacial score (nSPS) is 10.9. The number of imidazole rings is 1. The topological polar surface area (TPSA) is 63.5 Å². The summed E-state index contributed by atoms with van der Waals surface area (Å²) in [5, 5.41) is 6.73. The van der Waals surface area contributed by atoms with Crippen molar-refractivity contribution < 1.29 is 4.74 Å². The Morgan fingerprint density at radius 3 is 2.43 bits per heavy atom. The highest BCUT2D eigenvalue weighted by atomic mass is 127. The van der Waals surface area contributed by atoms with Gasteiger partial charge >= 0.3 is 0 Å². The van der Waals surface area contributed by atoms with Crippen LogP contribution in [0.4, 0.5) is 0 Å². The van der Waals surface area contributed by atoms with Crippen LogP contribution in [-0.4, -0.2) is 42.8 Å². The van der Waals surface area contributed by atoms with Gasteiger partial charge in [-0.2, -0.15) is 0 Å². The average Bonchev–Trinajstić information content (AvgIpc) is 3.20. The van der Waals surface area contributed by atoms with Crippen LogP contribution in [0.3, 0.4) is 0 Å². The number of nitrogens with zero attached hydrogens (tertiary/aromatic N) is 3. The van der Waals surface area contributed by atoms with Crippen molar-refractivity contribution >= 4 is 29.9 Å². The fraction of sp³-hybridized carbons (Fsp3) is 0.304. The van der Waals surface area contributed by atoms with Gasteiger partial charge in [0.15, 0.2) is 5.96 Å². The minimum Gasteiger partial charge on any atom is -0.496 e. The molecule has 1 heterocycles. The second kappa shape index (κ2) is 12.9. The third-order valence-corrected chi connectivity index (χ3v) is 4.74. The fourth-order valence-electron chi connectivity index (χ4n) is 3.23. The molecule has 3 aromatic rings. The van der Waals surface area contributed by atoms with Crippen molar-refractivity contribution in [2.24, 2.45) is 4.99 Å². The van der Waals surface area contributed by atoms with E-state index in [-0.39, 0.29) is 24.0 Å². The number of aliphatic imine (C=N–C) groups is 1. The number of rotatable bonds is 9. The van der Waals surface area contributed by atoms with Gasteiger partial charge in [-0.05, 0) is 23.6 Å². The van der Waals surface area contributed by atoms with E-state index >= 15 is 0 Å². The zero-order valence-electron chi connectivity index (χ0n) is 17.5. The van der Waals surface area contributed by atoms with Gasteiger partial charge < -0.3 is 19.9 Å². The fourth-order valence-corrected chi connectivity index (χ4v) is 3.23. The number of guanidine groups is 1. The number of methoxy groups -OCH3 is 1. The summed E-state index contributed by atoms with van der Waals surface area (Å²) in [5.74, 6) is 2.77. The smallest absolute Gasteiger partial charge is 0.191 e. The van der Waals surface area contributed by atoms with E-state index in [0.29, 0.717) is 0 Å². The number of hydrogen-bond donors (Lipinski definition) is 2. The number of hydrogen-bond acceptors (Lipinski definition) is 3. The Balaban J connectivity index is 0.00000320. The predicted molar refractivity (Wildman–Crippen MR) is 133 cm³/mol. The van der Waals surface area contributed by atoms with Crippen LogP contribution in [0.2, 0.25) is 0 Å². The molecule has 0 amide bonds. The summed E-state index contributed by atoms with van der Waals surface area (Å²) in [6, 6.07) is 18.5. The van der Waals surface area contributed by atoms with Gasteiger partial charge in [0.1, 0.15) is 11.6 Å². The van der Waals surface area contributed by atoms with Crippen LogP contribution in [0, 0.1) is 0 Å². The van der Waals surface area contributed by atoms with E-state index in [1.54, 1.807) is 14.2 Å². The number of ether oxygens (including phenoxy) is 1. The van der Waals surface area contributed by atoms with Gasteiger partial charge in [0.2, 0.25) is 0 Å². The lowest BCUT2D eigenvalue weighted by atomic mass is 10.1. The number of aromatic nitrogens is 2. The summed E-state index contributed by atoms with van der Waals surface area (Å²) in [5.41, 5.74) is 2.45. The van der Waals surface area contributed by atoms with E-state index in [9.17, 15) is 0 Å². The SMILES string of the molecule is CN=C(NCCc1ccccc1OC)NCCc1nccn1Cc1ccccc1.I. The van der Waals surface area contributed by atoms with Crippen LogP contribution in [-0.2, 0) is 19.4 Å². The monoisotopic (exact) mass is 519 g/mol. The minimum atomic E-state index is 0. The van der Waals surface area contributed by atoms with Crippen molar-refractivity contribution in [1.29, 1.82) is 0 Å². The highest BCUT2D eigenvalue weighted by Gasteiger charge is 2.05. The molecule has 0 atom stereocenters. The first-order valence-corrected chi connectivity index (χ1v) is 9.90. The number of nitrogens with one attached hydrogen (secondary N) is 2. The van der Waals surface area contributed by atoms with Crippen LogP contribution in [0.15, 0.2) is 72.0 Å². The summed E-state index contributed by atoms with van der Waals surface area (Å²) < 4.78 is 7.60. The predicted octanol–water partition coefficient (Wildman–Crippen LogP) is 3.51. The molecule has 6 nitrogen and oxygen atoms in total. The Morgan fingerprint density at radius 2 is 1.70 bits per heavy atom. The van der Waals surface area contributed by atoms with Crippen molar-refractivity contribution in [3.63, 3.8) is 0 Å². The Kier molecular flexibility index (Phi) is 10.2. The molecule has 2 N–H and O–H groups in total. The second-order valence-corrected chi connectivity index (χ2v) is 6.69. The van der Waals surface area contributed by atoms with Crippen LogP contribution < -0.4 is 15.4 Å². The molecule has 0 aliphatic rings. The first-order chi connectivity index (χ1) is 14.3. The average molecular weight is 519 g/mol. The summed E-state index contributed by atoms with van der Waals surface area (Å²) in [6.45, 7) is 2.38. The molecular formula is C23H30IN5O. The van der Waals surface area contributed by atoms with E-state index in [0.717, 1.165) is 50.0 Å². The highest BCUT2D eigenvalue weighted by molar-refractivity contribution is 14.0. The lowest BCUT2D eigenvalue weighted by Crippen LogP contribution is -2.39. The van der Waals surface area contributed by atoms with E-state index in [4.69, 9.17) is 4.74 Å². The van der Waals surface area contributed by atoms with Gasteiger partial charge in [-0.3, -0.25) is 4.99 Å². The molecule has 1 aromatic heterocycles. The molecule has 0 radical (unpaired) electrons. The Bertz CT molecular complexity index is 911. The van der Waals surface area contributed by atoms with Gasteiger partial charge in [-0.15, -0.1) is 24.0 Å². The minimum absolute atomic E-state index is 0. The van der Waals surface area contributed by atoms with Gasteiger partial charge in [-0.1, -0.05) is 48.5 Å². The molecule has 160 valence electrons. The molecule has 0 aliphatic carbocycles. The van der Waals surface area contributed by atoms with Crippen molar-refractivity contribution in [3.05, 3.63) is 83.9 Å². The van der Waals surface area contributed by atoms with Crippen molar-refractivity contribution in [2.75, 3.05) is 27.2 Å². The largest absolute Gasteiger partial charge is 0.496 e. The van der Waals surface area contributed by atoms with E-state index in [1.165, 1.54) is 11.1 Å². The maximum Gasteiger partial charge on any atom is 0.191 e. The van der Waals surface area contributed by atoms with Crippen LogP contribution in [0.25, 0.3) is 0 Å². The molecule has 2 aromatic carbocycles. The zero-order valence-corrected chi connectivity index (χ0v) is 19.9. The molecule has 0 spiro atoms. The van der Waals surface area contributed by atoms with Gasteiger partial charge in [0, 0.05) is 45.5 Å². The lowest BCUT2D eigenvalue weighted by Gasteiger charge is -2.13. The molecule has 3 rings (SSSR count). The van der Waals surface area contributed by atoms with Crippen molar-refractivity contribution in [2.45, 2.75) is 19.4 Å². The molecule has 0 saturated carbocycles. The lowest BCUT2D eigenvalue weighted by molar-refractivity contribution is 0.409. The third kappa shape index (κ3) is 7.05. The number of para-hydroxylation sites is 1. The van der Waals surface area contributed by atoms with Gasteiger partial charge in [-0.25, -0.2) is 4.98 Å². The van der Waals surface area contributed by atoms with Crippen molar-refractivity contribution in [3.8, 4) is 5.75 Å². The first-order valence-electron chi connectivity index (χ1n) is 9.90. The van der Waals surface area contributed by atoms with Crippen LogP contribution in [0.5, 0.6) is 5.75 Å². The Morgan fingerprint density at radius 1 is 1.00 bits per heavy atom. The maximum absolute atomic E-state index is 5.41. The zero-order chi connectivity index (χ0) is 20.3. The van der Waals surface area contributed by atoms with E-state index < -0.39 is 0 Å². The Hall–Kier alpha value is -2.55. The molecule has 0 bridgehead atoms. The van der Waals surface area contributed by atoms with Gasteiger partial charge in [0.05, 0.1) is 7.11 Å². The standard InChI is InChI=1S/C23H29N5O.HI/c1-24-23(26-14-12-20-10-6-7-11-21(20)29-2)27-15-13-22-25-16-17-28(22)18-19-8-4-3-5-9-19;/h3-11,16-17H,12-15,18H2,1-2H3,(H2,24,26,27);1H. The summed E-state index contributed by atoms with van der Waals surface area (Å²) in [7, 11) is 3.49. The van der Waals surface area contributed by atoms with Crippen LogP contribution in [0.1, 0.15) is 17.0 Å². The van der Waals surface area contributed by atoms with E-state index in [1.807, 2.05) is 36.7 Å². The molecule has 0 fully saturated rings. The Labute approximate surface area is 195 Å². The molecule has 0 unspecified atom stereocenters. The van der Waals surface area contributed by atoms with Crippen molar-refractivity contribution in [1.82, 2.24) is 20.2 Å². The summed E-state index contributed by atoms with van der Waals surface area (Å²) in [4.78, 5) is 8.81. The van der Waals surface area contributed by atoms with Gasteiger partial charge in [0.25, 0.3) is 0 Å². The van der Waals surface area contributed by atoms with Crippen LogP contribution >= 0.6 is 24.0 Å².